The Kier molecular flexibility index (Phi) is 13.8. The van der Waals surface area contributed by atoms with E-state index >= 15 is 0 Å². The maximum atomic E-state index is 12.8. The highest BCUT2D eigenvalue weighted by molar-refractivity contribution is 6.80. The van der Waals surface area contributed by atoms with Crippen LogP contribution in [0.1, 0.15) is 83.4 Å². The van der Waals surface area contributed by atoms with Crippen molar-refractivity contribution in [2.24, 2.45) is 11.3 Å². The first-order valence-corrected chi connectivity index (χ1v) is 20.7. The summed E-state index contributed by atoms with van der Waals surface area (Å²) in [4.78, 5) is 0. The number of benzene rings is 5. The molecule has 5 heteroatoms. The Balaban J connectivity index is 1.55. The summed E-state index contributed by atoms with van der Waals surface area (Å²) in [6.45, 7) is 10.5. The van der Waals surface area contributed by atoms with E-state index in [2.05, 4.69) is 88.4 Å². The summed E-state index contributed by atoms with van der Waals surface area (Å²) >= 11 is 0. The molecule has 0 heterocycles. The normalized spacial score (nSPS) is 15.2. The third-order valence-corrected chi connectivity index (χ3v) is 12.8. The summed E-state index contributed by atoms with van der Waals surface area (Å²) in [6, 6.07) is 51.7. The fraction of sp³-hybridized carbons (Fsp3) is 0.362. The Labute approximate surface area is 314 Å². The molecule has 274 valence electrons. The summed E-state index contributed by atoms with van der Waals surface area (Å²) in [5, 5.41) is 27.6. The standard InChI is InChI=1S/C47H58O4Si/c1-6-7-8-14-25-37(36-50-47(38-26-15-9-16-27-38,39-28-17-10-18-29-39)40-30-19-11-20-31-40)43(48)46(5,49)44(45(2,3)4)51-52(41-32-21-12-22-33-41)42-34-23-13-24-35-42/h9-13,15-24,26-35,37,43-44,48-49,52H,6-8,14,25,36H2,1-5H3. The zero-order valence-electron chi connectivity index (χ0n) is 31.7. The van der Waals surface area contributed by atoms with Crippen LogP contribution in [0.15, 0.2) is 152 Å². The number of ether oxygens (including phenoxy) is 1. The number of aliphatic hydroxyl groups is 2. The lowest BCUT2D eigenvalue weighted by Crippen LogP contribution is -2.62. The van der Waals surface area contributed by atoms with E-state index in [0.717, 1.165) is 52.7 Å². The number of aliphatic hydroxyl groups excluding tert-OH is 1. The summed E-state index contributed by atoms with van der Waals surface area (Å²) in [5.74, 6) is -0.371. The monoisotopic (exact) mass is 714 g/mol. The van der Waals surface area contributed by atoms with Crippen molar-refractivity contribution in [1.29, 1.82) is 0 Å². The molecule has 0 saturated heterocycles. The molecule has 0 aliphatic carbocycles. The Hall–Kier alpha value is -3.84. The molecule has 5 aromatic rings. The van der Waals surface area contributed by atoms with Crippen LogP contribution in [-0.4, -0.2) is 43.7 Å². The van der Waals surface area contributed by atoms with Gasteiger partial charge in [-0.25, -0.2) is 0 Å². The Morgan fingerprint density at radius 1 is 0.577 bits per heavy atom. The van der Waals surface area contributed by atoms with Crippen LogP contribution in [0.4, 0.5) is 0 Å². The van der Waals surface area contributed by atoms with Crippen LogP contribution in [0.5, 0.6) is 0 Å². The van der Waals surface area contributed by atoms with Gasteiger partial charge in [0, 0.05) is 5.92 Å². The van der Waals surface area contributed by atoms with E-state index in [1.165, 1.54) is 0 Å². The zero-order chi connectivity index (χ0) is 37.0. The molecule has 5 aromatic carbocycles. The maximum absolute atomic E-state index is 12.8. The van der Waals surface area contributed by atoms with Crippen molar-refractivity contribution in [3.8, 4) is 0 Å². The van der Waals surface area contributed by atoms with Crippen molar-refractivity contribution in [2.75, 3.05) is 6.61 Å². The summed E-state index contributed by atoms with van der Waals surface area (Å²) in [6.07, 6.45) is 3.13. The molecule has 4 unspecified atom stereocenters. The van der Waals surface area contributed by atoms with Crippen molar-refractivity contribution in [3.05, 3.63) is 168 Å². The van der Waals surface area contributed by atoms with Gasteiger partial charge in [0.25, 0.3) is 0 Å². The molecule has 0 bridgehead atoms. The molecule has 0 spiro atoms. The van der Waals surface area contributed by atoms with Crippen LogP contribution in [0.2, 0.25) is 0 Å². The summed E-state index contributed by atoms with van der Waals surface area (Å²) < 4.78 is 14.5. The minimum absolute atomic E-state index is 0.233. The van der Waals surface area contributed by atoms with Crippen LogP contribution in [0.25, 0.3) is 0 Å². The van der Waals surface area contributed by atoms with E-state index < -0.39 is 37.9 Å². The highest BCUT2D eigenvalue weighted by atomic mass is 28.3. The maximum Gasteiger partial charge on any atom is 0.240 e. The molecular weight excluding hydrogens is 657 g/mol. The van der Waals surface area contributed by atoms with Crippen molar-refractivity contribution in [1.82, 2.24) is 0 Å². The summed E-state index contributed by atoms with van der Waals surface area (Å²) in [7, 11) is -2.28. The molecule has 2 N–H and O–H groups in total. The second kappa shape index (κ2) is 18.3. The van der Waals surface area contributed by atoms with E-state index in [4.69, 9.17) is 9.16 Å². The van der Waals surface area contributed by atoms with Crippen molar-refractivity contribution in [2.45, 2.75) is 90.1 Å². The molecule has 0 radical (unpaired) electrons. The predicted octanol–water partition coefficient (Wildman–Crippen LogP) is 8.66. The smallest absolute Gasteiger partial charge is 0.240 e. The van der Waals surface area contributed by atoms with Gasteiger partial charge in [-0.3, -0.25) is 0 Å². The molecule has 0 aliphatic rings. The van der Waals surface area contributed by atoms with Gasteiger partial charge in [-0.15, -0.1) is 0 Å². The first kappa shape index (κ1) is 39.4. The molecule has 0 fully saturated rings. The van der Waals surface area contributed by atoms with Gasteiger partial charge in [0.1, 0.15) is 11.2 Å². The quantitative estimate of drug-likeness (QED) is 0.0542. The SMILES string of the molecule is CCCCCCC(COC(c1ccccc1)(c1ccccc1)c1ccccc1)C(O)C(C)(O)C(O[SiH](c1ccccc1)c1ccccc1)C(C)(C)C. The predicted molar refractivity (Wildman–Crippen MR) is 218 cm³/mol. The second-order valence-corrected chi connectivity index (χ2v) is 17.8. The molecule has 0 saturated carbocycles. The molecule has 4 nitrogen and oxygen atoms in total. The van der Waals surface area contributed by atoms with Crippen molar-refractivity contribution in [3.63, 3.8) is 0 Å². The highest BCUT2D eigenvalue weighted by Crippen LogP contribution is 2.42. The van der Waals surface area contributed by atoms with Gasteiger partial charge in [0.05, 0.1) is 18.8 Å². The van der Waals surface area contributed by atoms with Gasteiger partial charge in [-0.05, 0) is 45.8 Å². The largest absolute Gasteiger partial charge is 0.404 e. The average molecular weight is 715 g/mol. The second-order valence-electron chi connectivity index (χ2n) is 15.5. The first-order valence-electron chi connectivity index (χ1n) is 19.0. The number of unbranched alkanes of at least 4 members (excludes halogenated alkanes) is 3. The van der Waals surface area contributed by atoms with Gasteiger partial charge < -0.3 is 19.4 Å². The molecule has 4 atom stereocenters. The van der Waals surface area contributed by atoms with Crippen LogP contribution in [0, 0.1) is 11.3 Å². The van der Waals surface area contributed by atoms with Gasteiger partial charge in [0.15, 0.2) is 0 Å². The van der Waals surface area contributed by atoms with Crippen LogP contribution in [0.3, 0.4) is 0 Å². The molecule has 0 amide bonds. The van der Waals surface area contributed by atoms with E-state index in [0.29, 0.717) is 6.42 Å². The van der Waals surface area contributed by atoms with Gasteiger partial charge >= 0.3 is 0 Å². The van der Waals surface area contributed by atoms with E-state index in [1.54, 1.807) is 6.92 Å². The third kappa shape index (κ3) is 9.38. The molecule has 0 aliphatic heterocycles. The minimum atomic E-state index is -2.28. The lowest BCUT2D eigenvalue weighted by atomic mass is 9.73. The van der Waals surface area contributed by atoms with E-state index in [-0.39, 0.29) is 12.5 Å². The Bertz CT molecular complexity index is 1590. The molecule has 52 heavy (non-hydrogen) atoms. The molecular formula is C47H58O4Si. The fourth-order valence-corrected chi connectivity index (χ4v) is 10.6. The van der Waals surface area contributed by atoms with Crippen LogP contribution >= 0.6 is 0 Å². The number of rotatable bonds is 18. The van der Waals surface area contributed by atoms with Gasteiger partial charge in [-0.1, -0.05) is 205 Å². The average Bonchev–Trinajstić information content (AvgIpc) is 3.17. The highest BCUT2D eigenvalue weighted by Gasteiger charge is 2.50. The Morgan fingerprint density at radius 3 is 1.37 bits per heavy atom. The van der Waals surface area contributed by atoms with Crippen LogP contribution in [-0.2, 0) is 14.8 Å². The first-order chi connectivity index (χ1) is 25.1. The van der Waals surface area contributed by atoms with E-state index in [9.17, 15) is 10.2 Å². The Morgan fingerprint density at radius 2 is 0.981 bits per heavy atom. The molecule has 0 aromatic heterocycles. The molecule has 5 rings (SSSR count). The lowest BCUT2D eigenvalue weighted by Gasteiger charge is -2.47. The van der Waals surface area contributed by atoms with Crippen molar-refractivity contribution < 1.29 is 19.4 Å². The topological polar surface area (TPSA) is 58.9 Å². The van der Waals surface area contributed by atoms with Gasteiger partial charge in [0.2, 0.25) is 9.04 Å². The summed E-state index contributed by atoms with van der Waals surface area (Å²) in [5.41, 5.74) is 0.00187. The van der Waals surface area contributed by atoms with Gasteiger partial charge in [-0.2, -0.15) is 0 Å². The zero-order valence-corrected chi connectivity index (χ0v) is 32.9. The van der Waals surface area contributed by atoms with Crippen LogP contribution < -0.4 is 10.4 Å². The van der Waals surface area contributed by atoms with Crippen molar-refractivity contribution >= 4 is 19.4 Å². The lowest BCUT2D eigenvalue weighted by molar-refractivity contribution is -0.181. The fourth-order valence-electron chi connectivity index (χ4n) is 7.76. The number of hydrogen-bond acceptors (Lipinski definition) is 4. The van der Waals surface area contributed by atoms with E-state index in [1.807, 2.05) is 91.0 Å². The third-order valence-electron chi connectivity index (χ3n) is 10.3. The number of hydrogen-bond donors (Lipinski definition) is 2. The minimum Gasteiger partial charge on any atom is -0.404 e.